The number of piperidine rings is 1. The third-order valence-corrected chi connectivity index (χ3v) is 2.66. The molecule has 2 N–H and O–H groups in total. The number of hydrogen-bond acceptors (Lipinski definition) is 3. The minimum absolute atomic E-state index is 0.162. The van der Waals surface area contributed by atoms with Gasteiger partial charge >= 0.3 is 0 Å². The summed E-state index contributed by atoms with van der Waals surface area (Å²) in [5.41, 5.74) is 6.32. The van der Waals surface area contributed by atoms with Crippen molar-refractivity contribution < 1.29 is 4.79 Å². The number of nitrogens with two attached hydrogens (primary N) is 1. The summed E-state index contributed by atoms with van der Waals surface area (Å²) in [6.07, 6.45) is 5.27. The van der Waals surface area contributed by atoms with E-state index in [1.165, 1.54) is 0 Å². The second-order valence-electron chi connectivity index (χ2n) is 3.93. The van der Waals surface area contributed by atoms with Crippen LogP contribution in [0.2, 0.25) is 0 Å². The molecule has 84 valence electrons. The Bertz CT molecular complexity index is 276. The van der Waals surface area contributed by atoms with Gasteiger partial charge in [-0.2, -0.15) is 0 Å². The Kier molecular flexibility index (Phi) is 4.34. The average Bonchev–Trinajstić information content (AvgIpc) is 2.26. The molecule has 1 rings (SSSR count). The third-order valence-electron chi connectivity index (χ3n) is 2.66. The minimum atomic E-state index is 0.162. The lowest BCUT2D eigenvalue weighted by molar-refractivity contribution is -0.129. The van der Waals surface area contributed by atoms with Gasteiger partial charge in [-0.05, 0) is 31.5 Å². The average molecular weight is 209 g/mol. The SMILES string of the molecule is CC(=O)N1CCC(N=CC(C)=CN)CC1. The van der Waals surface area contributed by atoms with Crippen LogP contribution in [0.1, 0.15) is 26.7 Å². The van der Waals surface area contributed by atoms with Crippen molar-refractivity contribution in [3.8, 4) is 0 Å². The zero-order valence-electron chi connectivity index (χ0n) is 9.44. The number of likely N-dealkylation sites (tertiary alicyclic amines) is 1. The first kappa shape index (κ1) is 11.8. The Morgan fingerprint density at radius 1 is 1.40 bits per heavy atom. The van der Waals surface area contributed by atoms with Gasteiger partial charge in [0.2, 0.25) is 5.91 Å². The van der Waals surface area contributed by atoms with Gasteiger partial charge in [0.25, 0.3) is 0 Å². The Hall–Kier alpha value is -1.32. The molecule has 0 bridgehead atoms. The lowest BCUT2D eigenvalue weighted by atomic mass is 10.1. The predicted molar refractivity (Wildman–Crippen MR) is 61.7 cm³/mol. The topological polar surface area (TPSA) is 58.7 Å². The van der Waals surface area contributed by atoms with E-state index in [1.54, 1.807) is 13.1 Å². The van der Waals surface area contributed by atoms with Crippen molar-refractivity contribution in [2.24, 2.45) is 10.7 Å². The molecule has 1 heterocycles. The highest BCUT2D eigenvalue weighted by atomic mass is 16.2. The molecule has 0 aromatic carbocycles. The molecule has 0 spiro atoms. The van der Waals surface area contributed by atoms with Crippen molar-refractivity contribution in [2.45, 2.75) is 32.7 Å². The molecule has 0 saturated carbocycles. The fourth-order valence-electron chi connectivity index (χ4n) is 1.60. The van der Waals surface area contributed by atoms with Gasteiger partial charge in [0.1, 0.15) is 0 Å². The summed E-state index contributed by atoms with van der Waals surface area (Å²) in [5.74, 6) is 0.162. The van der Waals surface area contributed by atoms with Crippen LogP contribution in [-0.2, 0) is 4.79 Å². The van der Waals surface area contributed by atoms with E-state index < -0.39 is 0 Å². The second-order valence-corrected chi connectivity index (χ2v) is 3.93. The number of nitrogens with zero attached hydrogens (tertiary/aromatic N) is 2. The summed E-state index contributed by atoms with van der Waals surface area (Å²) in [5, 5.41) is 0. The lowest BCUT2D eigenvalue weighted by Gasteiger charge is -2.29. The maximum atomic E-state index is 11.1. The third kappa shape index (κ3) is 3.73. The van der Waals surface area contributed by atoms with Gasteiger partial charge in [-0.15, -0.1) is 0 Å². The molecule has 4 nitrogen and oxygen atoms in total. The molecule has 4 heteroatoms. The Balaban J connectivity index is 2.38. The fraction of sp³-hybridized carbons (Fsp3) is 0.636. The molecular weight excluding hydrogens is 190 g/mol. The number of hydrogen-bond donors (Lipinski definition) is 1. The lowest BCUT2D eigenvalue weighted by Crippen LogP contribution is -2.38. The normalized spacial score (nSPS) is 19.9. The molecule has 0 unspecified atom stereocenters. The van der Waals surface area contributed by atoms with Gasteiger partial charge in [0, 0.05) is 26.2 Å². The van der Waals surface area contributed by atoms with E-state index in [1.807, 2.05) is 18.0 Å². The van der Waals surface area contributed by atoms with E-state index in [2.05, 4.69) is 4.99 Å². The van der Waals surface area contributed by atoms with Crippen molar-refractivity contribution in [3.05, 3.63) is 11.8 Å². The molecule has 1 saturated heterocycles. The number of rotatable bonds is 2. The van der Waals surface area contributed by atoms with Crippen LogP contribution in [0.4, 0.5) is 0 Å². The van der Waals surface area contributed by atoms with Gasteiger partial charge < -0.3 is 10.6 Å². The predicted octanol–water partition coefficient (Wildman–Crippen LogP) is 0.931. The molecule has 1 aliphatic rings. The second kappa shape index (κ2) is 5.53. The molecule has 0 atom stereocenters. The molecule has 0 aliphatic carbocycles. The summed E-state index contributed by atoms with van der Waals surface area (Å²) in [4.78, 5) is 17.4. The number of carbonyl (C=O) groups is 1. The maximum Gasteiger partial charge on any atom is 0.219 e. The van der Waals surface area contributed by atoms with Crippen LogP contribution in [0.25, 0.3) is 0 Å². The molecule has 1 aliphatic heterocycles. The van der Waals surface area contributed by atoms with Gasteiger partial charge in [-0.1, -0.05) is 0 Å². The van der Waals surface area contributed by atoms with Crippen molar-refractivity contribution in [1.29, 1.82) is 0 Å². The molecule has 1 fully saturated rings. The number of allylic oxidation sites excluding steroid dienone is 1. The van der Waals surface area contributed by atoms with E-state index in [0.29, 0.717) is 6.04 Å². The van der Waals surface area contributed by atoms with Gasteiger partial charge in [-0.25, -0.2) is 0 Å². The monoisotopic (exact) mass is 209 g/mol. The zero-order chi connectivity index (χ0) is 11.3. The summed E-state index contributed by atoms with van der Waals surface area (Å²) in [7, 11) is 0. The van der Waals surface area contributed by atoms with Crippen LogP contribution in [0.3, 0.4) is 0 Å². The number of aliphatic imine (C=N–C) groups is 1. The Morgan fingerprint density at radius 2 is 2.00 bits per heavy atom. The Morgan fingerprint density at radius 3 is 2.47 bits per heavy atom. The summed E-state index contributed by atoms with van der Waals surface area (Å²) >= 11 is 0. The van der Waals surface area contributed by atoms with Crippen LogP contribution in [0.15, 0.2) is 16.8 Å². The van der Waals surface area contributed by atoms with E-state index >= 15 is 0 Å². The minimum Gasteiger partial charge on any atom is -0.404 e. The number of amides is 1. The van der Waals surface area contributed by atoms with Gasteiger partial charge in [-0.3, -0.25) is 9.79 Å². The van der Waals surface area contributed by atoms with Crippen molar-refractivity contribution in [3.63, 3.8) is 0 Å². The van der Waals surface area contributed by atoms with E-state index in [-0.39, 0.29) is 5.91 Å². The molecule has 1 amide bonds. The highest BCUT2D eigenvalue weighted by molar-refractivity contribution is 5.77. The summed E-state index contributed by atoms with van der Waals surface area (Å²) in [6.45, 7) is 5.19. The smallest absolute Gasteiger partial charge is 0.219 e. The van der Waals surface area contributed by atoms with E-state index in [9.17, 15) is 4.79 Å². The molecule has 0 aromatic rings. The van der Waals surface area contributed by atoms with E-state index in [0.717, 1.165) is 31.5 Å². The number of carbonyl (C=O) groups excluding carboxylic acids is 1. The summed E-state index contributed by atoms with van der Waals surface area (Å²) < 4.78 is 0. The maximum absolute atomic E-state index is 11.1. The van der Waals surface area contributed by atoms with Crippen molar-refractivity contribution >= 4 is 12.1 Å². The van der Waals surface area contributed by atoms with Crippen LogP contribution < -0.4 is 5.73 Å². The quantitative estimate of drug-likeness (QED) is 0.688. The summed E-state index contributed by atoms with van der Waals surface area (Å²) in [6, 6.07) is 0.343. The fourth-order valence-corrected chi connectivity index (χ4v) is 1.60. The zero-order valence-corrected chi connectivity index (χ0v) is 9.44. The molecule has 0 aromatic heterocycles. The molecule has 15 heavy (non-hydrogen) atoms. The van der Waals surface area contributed by atoms with Crippen LogP contribution in [0, 0.1) is 0 Å². The first-order valence-electron chi connectivity index (χ1n) is 5.30. The Labute approximate surface area is 90.8 Å². The van der Waals surface area contributed by atoms with Gasteiger partial charge in [0.15, 0.2) is 0 Å². The highest BCUT2D eigenvalue weighted by Gasteiger charge is 2.19. The van der Waals surface area contributed by atoms with Crippen molar-refractivity contribution in [2.75, 3.05) is 13.1 Å². The van der Waals surface area contributed by atoms with E-state index in [4.69, 9.17) is 5.73 Å². The van der Waals surface area contributed by atoms with Gasteiger partial charge in [0.05, 0.1) is 6.04 Å². The highest BCUT2D eigenvalue weighted by Crippen LogP contribution is 2.13. The largest absolute Gasteiger partial charge is 0.404 e. The van der Waals surface area contributed by atoms with Crippen LogP contribution in [-0.4, -0.2) is 36.2 Å². The van der Waals surface area contributed by atoms with Crippen molar-refractivity contribution in [1.82, 2.24) is 4.90 Å². The molecule has 0 radical (unpaired) electrons. The first-order valence-corrected chi connectivity index (χ1v) is 5.30. The standard InChI is InChI=1S/C11H19N3O/c1-9(7-12)8-13-11-3-5-14(6-4-11)10(2)15/h7-8,11H,3-6,12H2,1-2H3. The van der Waals surface area contributed by atoms with Crippen LogP contribution in [0.5, 0.6) is 0 Å². The first-order chi connectivity index (χ1) is 7.13. The molecular formula is C11H19N3O. The van der Waals surface area contributed by atoms with Crippen LogP contribution >= 0.6 is 0 Å².